The predicted molar refractivity (Wildman–Crippen MR) is 92.2 cm³/mol. The Morgan fingerprint density at radius 1 is 1.33 bits per heavy atom. The van der Waals surface area contributed by atoms with Gasteiger partial charge in [0.1, 0.15) is 5.75 Å². The van der Waals surface area contributed by atoms with E-state index in [0.717, 1.165) is 34.7 Å². The molecule has 4 heteroatoms. The number of nitrogens with zero attached hydrogens (tertiary/aromatic N) is 1. The molecule has 1 aromatic carbocycles. The second-order valence-electron chi connectivity index (χ2n) is 7.32. The number of carbonyl (C=O) groups excluding carboxylic acids is 1. The van der Waals surface area contributed by atoms with Crippen molar-refractivity contribution in [3.63, 3.8) is 0 Å². The molecule has 0 bridgehead atoms. The van der Waals surface area contributed by atoms with Crippen LogP contribution in [0.15, 0.2) is 46.8 Å². The zero-order valence-electron chi connectivity index (χ0n) is 14.6. The molecule has 3 rings (SSSR count). The number of ether oxygens (including phenoxy) is 1. The van der Waals surface area contributed by atoms with Crippen LogP contribution in [0.5, 0.6) is 5.75 Å². The molecule has 124 valence electrons. The number of ketones is 1. The summed E-state index contributed by atoms with van der Waals surface area (Å²) in [4.78, 5) is 12.9. The van der Waals surface area contributed by atoms with E-state index >= 15 is 0 Å². The number of hydrogen-bond donors (Lipinski definition) is 1. The molecule has 0 radical (unpaired) electrons. The Morgan fingerprint density at radius 3 is 2.75 bits per heavy atom. The van der Waals surface area contributed by atoms with Gasteiger partial charge in [-0.25, -0.2) is 0 Å². The number of hydrogen-bond acceptors (Lipinski definition) is 4. The Kier molecular flexibility index (Phi) is 3.96. The first-order valence-electron chi connectivity index (χ1n) is 8.14. The summed E-state index contributed by atoms with van der Waals surface area (Å²) in [7, 11) is 1.62. The summed E-state index contributed by atoms with van der Waals surface area (Å²) in [5, 5.41) is 13.0. The smallest absolute Gasteiger partial charge is 0.162 e. The molecule has 4 nitrogen and oxygen atoms in total. The average molecular weight is 322 g/mol. The van der Waals surface area contributed by atoms with Crippen molar-refractivity contribution >= 4 is 5.78 Å². The van der Waals surface area contributed by atoms with Crippen LogP contribution in [0.1, 0.15) is 45.1 Å². The second-order valence-corrected chi connectivity index (χ2v) is 7.32. The zero-order valence-corrected chi connectivity index (χ0v) is 14.6. The van der Waals surface area contributed by atoms with Crippen LogP contribution >= 0.6 is 0 Å². The maximum Gasteiger partial charge on any atom is 0.162 e. The van der Waals surface area contributed by atoms with Crippen molar-refractivity contribution in [2.75, 3.05) is 7.11 Å². The van der Waals surface area contributed by atoms with E-state index in [4.69, 9.17) is 4.74 Å². The van der Waals surface area contributed by atoms with E-state index < -0.39 is 0 Å². The summed E-state index contributed by atoms with van der Waals surface area (Å²) in [5.74, 6) is 0.540. The van der Waals surface area contributed by atoms with Crippen molar-refractivity contribution in [3.05, 3.63) is 52.4 Å². The maximum absolute atomic E-state index is 12.9. The number of allylic oxidation sites excluding steroid dienone is 4. The Hall–Kier alpha value is -2.54. The van der Waals surface area contributed by atoms with Gasteiger partial charge >= 0.3 is 0 Å². The lowest BCUT2D eigenvalue weighted by atomic mass is 9.69. The van der Waals surface area contributed by atoms with Gasteiger partial charge in [-0.1, -0.05) is 26.0 Å². The van der Waals surface area contributed by atoms with Gasteiger partial charge in [0, 0.05) is 23.4 Å². The second kappa shape index (κ2) is 5.83. The Labute approximate surface area is 142 Å². The molecule has 0 fully saturated rings. The molecule has 0 saturated heterocycles. The highest BCUT2D eigenvalue weighted by Crippen LogP contribution is 2.46. The predicted octanol–water partition coefficient (Wildman–Crippen LogP) is 3.82. The van der Waals surface area contributed by atoms with Crippen LogP contribution < -0.4 is 10.1 Å². The number of nitriles is 1. The summed E-state index contributed by atoms with van der Waals surface area (Å²) in [5.41, 5.74) is 3.99. The third-order valence-corrected chi connectivity index (χ3v) is 4.79. The molecule has 24 heavy (non-hydrogen) atoms. The van der Waals surface area contributed by atoms with Crippen LogP contribution in [-0.2, 0) is 4.79 Å². The van der Waals surface area contributed by atoms with E-state index in [1.54, 1.807) is 7.11 Å². The van der Waals surface area contributed by atoms with E-state index in [9.17, 15) is 10.1 Å². The summed E-state index contributed by atoms with van der Waals surface area (Å²) in [6, 6.07) is 9.95. The normalized spacial score (nSPS) is 22.6. The topological polar surface area (TPSA) is 62.1 Å². The van der Waals surface area contributed by atoms with E-state index in [0.29, 0.717) is 12.0 Å². The summed E-state index contributed by atoms with van der Waals surface area (Å²) in [6.07, 6.45) is 1.32. The Balaban J connectivity index is 2.18. The fraction of sp³-hybridized carbons (Fsp3) is 0.400. The van der Waals surface area contributed by atoms with Crippen LogP contribution in [-0.4, -0.2) is 12.9 Å². The van der Waals surface area contributed by atoms with E-state index in [1.807, 2.05) is 31.2 Å². The fourth-order valence-electron chi connectivity index (χ4n) is 3.74. The number of methoxy groups -OCH3 is 1. The van der Waals surface area contributed by atoms with Gasteiger partial charge in [-0.05, 0) is 36.5 Å². The van der Waals surface area contributed by atoms with Crippen molar-refractivity contribution in [3.8, 4) is 11.8 Å². The highest BCUT2D eigenvalue weighted by molar-refractivity contribution is 6.00. The molecule has 0 aromatic heterocycles. The maximum atomic E-state index is 12.9. The van der Waals surface area contributed by atoms with Gasteiger partial charge in [0.05, 0.1) is 24.7 Å². The third kappa shape index (κ3) is 2.71. The van der Waals surface area contributed by atoms with Gasteiger partial charge in [-0.3, -0.25) is 4.79 Å². The molecule has 1 aliphatic carbocycles. The Bertz CT molecular complexity index is 809. The van der Waals surface area contributed by atoms with Crippen molar-refractivity contribution in [1.29, 1.82) is 5.26 Å². The molecule has 0 unspecified atom stereocenters. The van der Waals surface area contributed by atoms with Crippen molar-refractivity contribution in [1.82, 2.24) is 5.32 Å². The van der Waals surface area contributed by atoms with E-state index in [-0.39, 0.29) is 17.1 Å². The summed E-state index contributed by atoms with van der Waals surface area (Å²) >= 11 is 0. The lowest BCUT2D eigenvalue weighted by molar-refractivity contribution is -0.118. The number of nitrogens with one attached hydrogen (secondary N) is 1. The number of rotatable bonds is 2. The lowest BCUT2D eigenvalue weighted by Crippen LogP contribution is -2.36. The molecule has 0 saturated carbocycles. The molecule has 1 heterocycles. The van der Waals surface area contributed by atoms with Gasteiger partial charge in [-0.2, -0.15) is 5.26 Å². The highest BCUT2D eigenvalue weighted by atomic mass is 16.5. The summed E-state index contributed by atoms with van der Waals surface area (Å²) < 4.78 is 5.32. The van der Waals surface area contributed by atoms with Crippen molar-refractivity contribution in [2.45, 2.75) is 39.5 Å². The number of Topliss-reactive ketones (excluding diaryl/α,β-unsaturated/α-hetero) is 1. The molecule has 1 aromatic rings. The van der Waals surface area contributed by atoms with Gasteiger partial charge in [0.2, 0.25) is 0 Å². The standard InChI is InChI=1S/C20H22N2O2/c1-12-15(11-21)18(13-6-5-7-14(8-13)24-4)19-16(22-12)9-20(2,3)10-17(19)23/h5-8,18,22H,9-10H2,1-4H3/t18-/m0/s1. The fourth-order valence-corrected chi connectivity index (χ4v) is 3.74. The zero-order chi connectivity index (χ0) is 17.5. The van der Waals surface area contributed by atoms with E-state index in [2.05, 4.69) is 25.2 Å². The monoisotopic (exact) mass is 322 g/mol. The molecule has 0 spiro atoms. The van der Waals surface area contributed by atoms with E-state index in [1.165, 1.54) is 0 Å². The number of benzene rings is 1. The quantitative estimate of drug-likeness (QED) is 0.899. The first-order valence-corrected chi connectivity index (χ1v) is 8.14. The minimum absolute atomic E-state index is 0.0632. The molecular weight excluding hydrogens is 300 g/mol. The molecular formula is C20H22N2O2. The van der Waals surface area contributed by atoms with Crippen LogP contribution in [0.3, 0.4) is 0 Å². The highest BCUT2D eigenvalue weighted by Gasteiger charge is 2.41. The average Bonchev–Trinajstić information content (AvgIpc) is 2.52. The van der Waals surface area contributed by atoms with Gasteiger partial charge in [0.15, 0.2) is 5.78 Å². The van der Waals surface area contributed by atoms with Crippen LogP contribution in [0.25, 0.3) is 0 Å². The summed E-state index contributed by atoms with van der Waals surface area (Å²) in [6.45, 7) is 6.12. The molecule has 1 atom stereocenters. The lowest BCUT2D eigenvalue weighted by Gasteiger charge is -2.38. The van der Waals surface area contributed by atoms with Crippen LogP contribution in [0, 0.1) is 16.7 Å². The molecule has 0 amide bonds. The largest absolute Gasteiger partial charge is 0.497 e. The first-order chi connectivity index (χ1) is 11.4. The third-order valence-electron chi connectivity index (χ3n) is 4.79. The van der Waals surface area contributed by atoms with Gasteiger partial charge in [0.25, 0.3) is 0 Å². The van der Waals surface area contributed by atoms with Crippen LogP contribution in [0.2, 0.25) is 0 Å². The molecule has 2 aliphatic rings. The molecule has 1 N–H and O–H groups in total. The van der Waals surface area contributed by atoms with Crippen LogP contribution in [0.4, 0.5) is 0 Å². The number of carbonyl (C=O) groups is 1. The SMILES string of the molecule is COc1cccc([C@H]2C(C#N)=C(C)NC3=C2C(=O)CC(C)(C)C3)c1. The minimum atomic E-state index is -0.315. The van der Waals surface area contributed by atoms with Crippen molar-refractivity contribution in [2.24, 2.45) is 5.41 Å². The van der Waals surface area contributed by atoms with Gasteiger partial charge in [-0.15, -0.1) is 0 Å². The first kappa shape index (κ1) is 16.3. The van der Waals surface area contributed by atoms with Crippen molar-refractivity contribution < 1.29 is 9.53 Å². The number of dihydropyridines is 1. The van der Waals surface area contributed by atoms with Gasteiger partial charge < -0.3 is 10.1 Å². The Morgan fingerprint density at radius 2 is 2.08 bits per heavy atom. The minimum Gasteiger partial charge on any atom is -0.497 e. The molecule has 1 aliphatic heterocycles.